The zero-order valence-corrected chi connectivity index (χ0v) is 33.1. The fourth-order valence-electron chi connectivity index (χ4n) is 5.24. The van der Waals surface area contributed by atoms with E-state index in [4.69, 9.17) is 23.7 Å². The van der Waals surface area contributed by atoms with E-state index in [-0.39, 0.29) is 37.5 Å². The van der Waals surface area contributed by atoms with Crippen molar-refractivity contribution in [1.82, 2.24) is 34.2 Å². The van der Waals surface area contributed by atoms with E-state index in [9.17, 15) is 19.2 Å². The number of aliphatic imine (C=N–C) groups is 1. The molecule has 20 heteroatoms. The van der Waals surface area contributed by atoms with Gasteiger partial charge in [0, 0.05) is 50.7 Å². The number of nitrogens with zero attached hydrogens (tertiary/aromatic N) is 7. The van der Waals surface area contributed by atoms with Gasteiger partial charge in [-0.05, 0) is 62.7 Å². The lowest BCUT2D eigenvalue weighted by atomic mass is 10.1. The number of nitrogens with one attached hydrogen (secondary N) is 2. The van der Waals surface area contributed by atoms with Crippen molar-refractivity contribution in [2.75, 3.05) is 57.4 Å². The molecule has 1 amide bonds. The number of aromatic nitrogens is 4. The Bertz CT molecular complexity index is 1830. The van der Waals surface area contributed by atoms with Gasteiger partial charge in [-0.15, -0.1) is 4.37 Å². The Morgan fingerprint density at radius 1 is 1.00 bits per heavy atom. The van der Waals surface area contributed by atoms with Gasteiger partial charge in [0.15, 0.2) is 12.2 Å². The van der Waals surface area contributed by atoms with Crippen molar-refractivity contribution in [3.63, 3.8) is 0 Å². The Labute approximate surface area is 324 Å². The molecule has 0 radical (unpaired) electrons. The number of ether oxygens (including phenoxy) is 5. The quantitative estimate of drug-likeness (QED) is 0.167. The van der Waals surface area contributed by atoms with Crippen LogP contribution in [-0.2, 0) is 38.1 Å². The van der Waals surface area contributed by atoms with Crippen LogP contribution in [0.25, 0.3) is 11.0 Å². The molecule has 292 valence electrons. The monoisotopic (exact) mass is 833 g/mol. The average molecular weight is 835 g/mol. The van der Waals surface area contributed by atoms with Gasteiger partial charge in [0.05, 0.1) is 53.5 Å². The molecule has 18 nitrogen and oxygen atoms in total. The van der Waals surface area contributed by atoms with Crippen LogP contribution in [0.2, 0.25) is 0 Å². The molecule has 4 heterocycles. The molecule has 0 bridgehead atoms. The van der Waals surface area contributed by atoms with Crippen LogP contribution in [0.5, 0.6) is 5.88 Å². The van der Waals surface area contributed by atoms with Gasteiger partial charge >= 0.3 is 17.9 Å². The first kappa shape index (κ1) is 40.7. The van der Waals surface area contributed by atoms with Crippen LogP contribution < -0.4 is 20.3 Å². The highest BCUT2D eigenvalue weighted by molar-refractivity contribution is 9.10. The number of benzene rings is 1. The highest BCUT2D eigenvalue weighted by Gasteiger charge is 2.33. The molecule has 54 heavy (non-hydrogen) atoms. The zero-order chi connectivity index (χ0) is 38.8. The van der Waals surface area contributed by atoms with Crippen LogP contribution in [0.4, 0.5) is 11.5 Å². The van der Waals surface area contributed by atoms with E-state index in [1.807, 2.05) is 25.7 Å². The molecule has 5 rings (SSSR count). The average Bonchev–Trinajstić information content (AvgIpc) is 3.82. The van der Waals surface area contributed by atoms with Crippen molar-refractivity contribution in [1.29, 1.82) is 0 Å². The van der Waals surface area contributed by atoms with E-state index in [2.05, 4.69) is 50.3 Å². The van der Waals surface area contributed by atoms with E-state index in [0.29, 0.717) is 72.3 Å². The number of esters is 3. The minimum absolute atomic E-state index is 0.00117. The van der Waals surface area contributed by atoms with Crippen molar-refractivity contribution < 1.29 is 42.9 Å². The minimum Gasteiger partial charge on any atom is -0.470 e. The summed E-state index contributed by atoms with van der Waals surface area (Å²) in [6.07, 6.45) is -0.753. The van der Waals surface area contributed by atoms with Gasteiger partial charge in [-0.1, -0.05) is 0 Å². The van der Waals surface area contributed by atoms with Gasteiger partial charge in [-0.2, -0.15) is 4.37 Å². The van der Waals surface area contributed by atoms with E-state index in [0.717, 1.165) is 11.7 Å². The highest BCUT2D eigenvalue weighted by atomic mass is 79.9. The number of rotatable bonds is 15. The topological polar surface area (TPSA) is 209 Å². The number of anilines is 1. The number of fused-ring (bicyclic) bond motifs is 1. The SMILES string of the molecule is C[C@H](OC(=O)CCC(=O)O[C@@H](CNC(C)(C)C)COc1nsnc1N1CCOCC1)C(=O)O[C@@H](C)C(=O)N1CCN/C1=N/c1ccc2nccnc2c1Br. The first-order valence-electron chi connectivity index (χ1n) is 17.4. The summed E-state index contributed by atoms with van der Waals surface area (Å²) >= 11 is 4.54. The molecule has 0 spiro atoms. The number of amides is 1. The van der Waals surface area contributed by atoms with Gasteiger partial charge < -0.3 is 39.2 Å². The third kappa shape index (κ3) is 11.2. The van der Waals surface area contributed by atoms with Gasteiger partial charge in [0.1, 0.15) is 18.2 Å². The van der Waals surface area contributed by atoms with E-state index in [1.54, 1.807) is 24.5 Å². The number of hydrogen-bond acceptors (Lipinski definition) is 17. The van der Waals surface area contributed by atoms with Crippen molar-refractivity contribution in [2.45, 2.75) is 71.3 Å². The smallest absolute Gasteiger partial charge is 0.347 e. The highest BCUT2D eigenvalue weighted by Crippen LogP contribution is 2.32. The molecule has 2 saturated heterocycles. The lowest BCUT2D eigenvalue weighted by Gasteiger charge is -2.27. The zero-order valence-electron chi connectivity index (χ0n) is 30.7. The third-order valence-electron chi connectivity index (χ3n) is 8.06. The van der Waals surface area contributed by atoms with Crippen LogP contribution in [-0.4, -0.2) is 130 Å². The minimum atomic E-state index is -1.34. The summed E-state index contributed by atoms with van der Waals surface area (Å²) in [6.45, 7) is 12.1. The number of carbonyl (C=O) groups excluding carboxylic acids is 4. The maximum atomic E-state index is 13.3. The Balaban J connectivity index is 1.08. The van der Waals surface area contributed by atoms with Crippen LogP contribution in [0.1, 0.15) is 47.5 Å². The van der Waals surface area contributed by atoms with E-state index in [1.165, 1.54) is 18.7 Å². The molecule has 0 saturated carbocycles. The predicted molar refractivity (Wildman–Crippen MR) is 200 cm³/mol. The van der Waals surface area contributed by atoms with Gasteiger partial charge in [-0.3, -0.25) is 29.3 Å². The molecule has 2 fully saturated rings. The molecule has 2 N–H and O–H groups in total. The fraction of sp³-hybridized carbons (Fsp3) is 0.559. The molecule has 3 aromatic rings. The summed E-state index contributed by atoms with van der Waals surface area (Å²) in [5, 5.41) is 6.37. The molecule has 2 aromatic heterocycles. The summed E-state index contributed by atoms with van der Waals surface area (Å²) in [7, 11) is 0. The van der Waals surface area contributed by atoms with Crippen LogP contribution >= 0.6 is 27.7 Å². The molecule has 2 aliphatic heterocycles. The predicted octanol–water partition coefficient (Wildman–Crippen LogP) is 2.52. The summed E-state index contributed by atoms with van der Waals surface area (Å²) in [5.41, 5.74) is 1.55. The van der Waals surface area contributed by atoms with Crippen molar-refractivity contribution >= 4 is 80.0 Å². The first-order valence-corrected chi connectivity index (χ1v) is 19.0. The lowest BCUT2D eigenvalue weighted by molar-refractivity contribution is -0.173. The molecular weight excluding hydrogens is 790 g/mol. The Morgan fingerprint density at radius 2 is 1.72 bits per heavy atom. The summed E-state index contributed by atoms with van der Waals surface area (Å²) < 4.78 is 36.8. The largest absolute Gasteiger partial charge is 0.470 e. The second-order valence-electron chi connectivity index (χ2n) is 13.4. The van der Waals surface area contributed by atoms with Crippen LogP contribution in [0.15, 0.2) is 34.0 Å². The maximum Gasteiger partial charge on any atom is 0.347 e. The first-order chi connectivity index (χ1) is 25.8. The molecule has 3 atom stereocenters. The number of guanidine groups is 1. The van der Waals surface area contributed by atoms with Gasteiger partial charge in [0.2, 0.25) is 11.8 Å². The van der Waals surface area contributed by atoms with Crippen molar-refractivity contribution in [3.05, 3.63) is 29.0 Å². The second-order valence-corrected chi connectivity index (χ2v) is 14.8. The summed E-state index contributed by atoms with van der Waals surface area (Å²) in [5.74, 6) is -1.69. The molecule has 0 aliphatic carbocycles. The lowest BCUT2D eigenvalue weighted by Crippen LogP contribution is -2.44. The summed E-state index contributed by atoms with van der Waals surface area (Å²) in [6, 6.07) is 3.52. The third-order valence-corrected chi connectivity index (χ3v) is 9.34. The molecule has 1 aromatic carbocycles. The van der Waals surface area contributed by atoms with Gasteiger partial charge in [-0.25, -0.2) is 9.79 Å². The second kappa shape index (κ2) is 18.7. The molecule has 2 aliphatic rings. The maximum absolute atomic E-state index is 13.3. The van der Waals surface area contributed by atoms with Crippen LogP contribution in [0, 0.1) is 0 Å². The van der Waals surface area contributed by atoms with Crippen LogP contribution in [0.3, 0.4) is 0 Å². The van der Waals surface area contributed by atoms with E-state index >= 15 is 0 Å². The fourth-order valence-corrected chi connectivity index (χ4v) is 6.29. The van der Waals surface area contributed by atoms with Gasteiger partial charge in [0.25, 0.3) is 11.8 Å². The Morgan fingerprint density at radius 3 is 2.46 bits per heavy atom. The normalized spacial score (nSPS) is 17.1. The standard InChI is InChI=1S/C34H44BrN9O9S/c1-20(31(47)44-13-12-38-33(44)40-23-6-7-24-28(27(23)35)37-11-10-36-24)52-32(48)21(2)51-25(45)8-9-26(46)53-22(18-39-34(3,4)5)19-50-30-29(41-54-42-30)43-14-16-49-17-15-43/h6-7,10-11,20-22,39H,8-9,12-19H2,1-5H3,(H,38,40)/t20-,21-,22-/m0/s1. The number of halogens is 1. The molecule has 0 unspecified atom stereocenters. The Hall–Kier alpha value is -4.53. The molecular formula is C34H44BrN9O9S. The van der Waals surface area contributed by atoms with Crippen molar-refractivity contribution in [2.24, 2.45) is 4.99 Å². The van der Waals surface area contributed by atoms with E-state index < -0.39 is 42.1 Å². The Kier molecular flexibility index (Phi) is 14.1. The number of carbonyl (C=O) groups is 4. The summed E-state index contributed by atoms with van der Waals surface area (Å²) in [4.78, 5) is 68.2. The number of hydrogen-bond donors (Lipinski definition) is 2. The van der Waals surface area contributed by atoms with Crippen molar-refractivity contribution in [3.8, 4) is 5.88 Å². The number of morpholine rings is 1.